The monoisotopic (exact) mass is 913 g/mol. The van der Waals surface area contributed by atoms with Crippen LogP contribution in [-0.4, -0.2) is 60.3 Å². The molecule has 0 saturated carbocycles. The van der Waals surface area contributed by atoms with Gasteiger partial charge in [0, 0.05) is 76.9 Å². The van der Waals surface area contributed by atoms with Crippen molar-refractivity contribution in [3.05, 3.63) is 137 Å². The number of carbonyl (C=O) groups is 1. The number of aromatic nitrogens is 1. The first-order valence-electron chi connectivity index (χ1n) is 18.2. The molecule has 18 heteroatoms. The Labute approximate surface area is 362 Å². The molecule has 0 aliphatic carbocycles. The number of alkyl halides is 3. The van der Waals surface area contributed by atoms with Gasteiger partial charge in [-0.25, -0.2) is 17.9 Å². The van der Waals surface area contributed by atoms with E-state index >= 15 is 0 Å². The summed E-state index contributed by atoms with van der Waals surface area (Å²) >= 11 is 11.7. The summed E-state index contributed by atoms with van der Waals surface area (Å²) in [6.07, 6.45) is 0. The van der Waals surface area contributed by atoms with Gasteiger partial charge in [-0.05, 0) is 109 Å². The Morgan fingerprint density at radius 3 is 2.07 bits per heavy atom. The molecule has 1 atom stereocenters. The summed E-state index contributed by atoms with van der Waals surface area (Å²) in [7, 11) is -3.97. The normalized spacial score (nSPS) is 13.9. The molecular weight excluding hydrogens is 879 g/mol. The highest BCUT2D eigenvalue weighted by Crippen LogP contribution is 2.42. The van der Waals surface area contributed by atoms with Gasteiger partial charge in [-0.15, -0.1) is 0 Å². The number of sulfone groups is 1. The number of benzene rings is 5. The van der Waals surface area contributed by atoms with Crippen LogP contribution >= 0.6 is 35.1 Å². The molecule has 2 heterocycles. The molecule has 10 nitrogen and oxygen atoms in total. The van der Waals surface area contributed by atoms with Crippen molar-refractivity contribution < 1.29 is 36.0 Å². The minimum absolute atomic E-state index is 0.166. The molecule has 1 fully saturated rings. The number of anilines is 4. The van der Waals surface area contributed by atoms with Crippen molar-refractivity contribution in [3.63, 3.8) is 0 Å². The Morgan fingerprint density at radius 2 is 1.45 bits per heavy atom. The lowest BCUT2D eigenvalue weighted by molar-refractivity contribution is -0.0435. The van der Waals surface area contributed by atoms with Crippen LogP contribution in [0.3, 0.4) is 0 Å². The van der Waals surface area contributed by atoms with E-state index in [-0.39, 0.29) is 16.1 Å². The first kappa shape index (κ1) is 43.1. The standard InChI is InChI=1S/C42H36Cl2F3N5O5S3/c1-26-38(41(53)54)39(40(50(26)2)27-8-10-29(43)11-9-27)28-22-30(44)24-33(23-28)52-20-18-51(19-21-52)32-14-12-31(13-15-32)49-59(55)35-16-17-36(48-58-34-6-4-3-5-7-34)37(25-35)60(56,57)42(45,46)47/h3-17,22-25,48-49H,18-21H2,1-2H3,(H,53,54). The van der Waals surface area contributed by atoms with E-state index in [0.717, 1.165) is 46.7 Å². The molecule has 1 aromatic heterocycles. The van der Waals surface area contributed by atoms with Gasteiger partial charge in [-0.3, -0.25) is 0 Å². The predicted molar refractivity (Wildman–Crippen MR) is 235 cm³/mol. The number of halogens is 5. The maximum Gasteiger partial charge on any atom is 0.501 e. The minimum atomic E-state index is -5.80. The Morgan fingerprint density at radius 1 is 0.817 bits per heavy atom. The second-order valence-corrected chi connectivity index (χ2v) is 18.6. The summed E-state index contributed by atoms with van der Waals surface area (Å²) in [4.78, 5) is 16.4. The Balaban J connectivity index is 1.05. The van der Waals surface area contributed by atoms with E-state index in [2.05, 4.69) is 19.2 Å². The van der Waals surface area contributed by atoms with E-state index in [9.17, 15) is 36.0 Å². The van der Waals surface area contributed by atoms with Gasteiger partial charge in [0.2, 0.25) is 0 Å². The number of hydrogen-bond acceptors (Lipinski definition) is 9. The first-order valence-corrected chi connectivity index (χ1v) is 22.4. The average molecular weight is 915 g/mol. The molecule has 1 aliphatic heterocycles. The third-order valence-corrected chi connectivity index (χ3v) is 14.0. The summed E-state index contributed by atoms with van der Waals surface area (Å²) in [5.74, 6) is -1.05. The van der Waals surface area contributed by atoms with Crippen LogP contribution in [-0.2, 0) is 28.2 Å². The molecule has 0 radical (unpaired) electrons. The number of rotatable bonds is 12. The van der Waals surface area contributed by atoms with Crippen molar-refractivity contribution in [2.45, 2.75) is 27.1 Å². The second kappa shape index (κ2) is 17.6. The Hall–Kier alpha value is -4.97. The molecule has 5 aromatic carbocycles. The third kappa shape index (κ3) is 9.04. The zero-order valence-corrected chi connectivity index (χ0v) is 35.8. The van der Waals surface area contributed by atoms with Crippen LogP contribution in [0.25, 0.3) is 22.4 Å². The fourth-order valence-corrected chi connectivity index (χ4v) is 9.99. The third-order valence-electron chi connectivity index (χ3n) is 10.1. The highest BCUT2D eigenvalue weighted by molar-refractivity contribution is 8.00. The smallest absolute Gasteiger partial charge is 0.501 e. The van der Waals surface area contributed by atoms with Gasteiger partial charge in [0.05, 0.1) is 22.6 Å². The van der Waals surface area contributed by atoms with Crippen molar-refractivity contribution in [3.8, 4) is 22.4 Å². The summed E-state index contributed by atoms with van der Waals surface area (Å²) < 4.78 is 87.0. The van der Waals surface area contributed by atoms with Crippen molar-refractivity contribution in [2.24, 2.45) is 7.05 Å². The number of aromatic carboxylic acids is 1. The summed E-state index contributed by atoms with van der Waals surface area (Å²) in [5, 5.41) is 11.4. The fourth-order valence-electron chi connectivity index (χ4n) is 6.97. The maximum absolute atomic E-state index is 13.7. The van der Waals surface area contributed by atoms with Gasteiger partial charge < -0.3 is 28.7 Å². The van der Waals surface area contributed by atoms with Crippen molar-refractivity contribution in [1.82, 2.24) is 4.57 Å². The quantitative estimate of drug-likeness (QED) is 0.0806. The zero-order valence-electron chi connectivity index (χ0n) is 31.8. The van der Waals surface area contributed by atoms with Crippen molar-refractivity contribution >= 4 is 85.1 Å². The average Bonchev–Trinajstić information content (AvgIpc) is 3.50. The zero-order chi connectivity index (χ0) is 42.9. The van der Waals surface area contributed by atoms with Gasteiger partial charge in [0.15, 0.2) is 4.90 Å². The lowest BCUT2D eigenvalue weighted by Gasteiger charge is -2.37. The molecule has 1 aliphatic rings. The van der Waals surface area contributed by atoms with Gasteiger partial charge in [0.25, 0.3) is 9.84 Å². The number of nitrogens with zero attached hydrogens (tertiary/aromatic N) is 3. The molecule has 1 unspecified atom stereocenters. The molecule has 0 amide bonds. The van der Waals surface area contributed by atoms with Crippen LogP contribution in [0.4, 0.5) is 35.9 Å². The molecule has 7 rings (SSSR count). The van der Waals surface area contributed by atoms with Crippen LogP contribution in [0.1, 0.15) is 16.1 Å². The van der Waals surface area contributed by atoms with Crippen molar-refractivity contribution in [2.75, 3.05) is 45.4 Å². The molecular formula is C42H36Cl2F3N5O5S3. The van der Waals surface area contributed by atoms with E-state index < -0.39 is 37.6 Å². The van der Waals surface area contributed by atoms with Gasteiger partial charge in [-0.2, -0.15) is 13.2 Å². The summed E-state index contributed by atoms with van der Waals surface area (Å²) in [5.41, 5.74) is -0.233. The summed E-state index contributed by atoms with van der Waals surface area (Å²) in [6, 6.07) is 31.7. The van der Waals surface area contributed by atoms with E-state index in [1.807, 2.05) is 48.0 Å². The molecule has 3 N–H and O–H groups in total. The molecule has 6 aromatic rings. The van der Waals surface area contributed by atoms with E-state index in [0.29, 0.717) is 63.6 Å². The van der Waals surface area contributed by atoms with Crippen LogP contribution in [0.15, 0.2) is 130 Å². The molecule has 0 bridgehead atoms. The predicted octanol–water partition coefficient (Wildman–Crippen LogP) is 10.5. The SMILES string of the molecule is Cc1c(C(=O)O)c(-c2cc(Cl)cc(N3CCN(c4ccc(N[S+]([O-])c5ccc(NSc6ccccc6)c(S(=O)(=O)C(F)(F)F)c5)cc4)CC3)c2)c(-c2ccc(Cl)cc2)n1C. The van der Waals surface area contributed by atoms with Crippen LogP contribution in [0.5, 0.6) is 0 Å². The Bertz CT molecular complexity index is 2640. The second-order valence-electron chi connectivity index (χ2n) is 13.8. The minimum Gasteiger partial charge on any atom is -0.588 e. The fraction of sp³-hybridized carbons (Fsp3) is 0.167. The lowest BCUT2D eigenvalue weighted by atomic mass is 9.96. The molecule has 312 valence electrons. The topological polar surface area (TPSA) is 130 Å². The van der Waals surface area contributed by atoms with Crippen LogP contribution in [0, 0.1) is 6.92 Å². The molecule has 1 saturated heterocycles. The van der Waals surface area contributed by atoms with Crippen molar-refractivity contribution in [1.29, 1.82) is 0 Å². The number of hydrogen-bond donors (Lipinski definition) is 3. The summed E-state index contributed by atoms with van der Waals surface area (Å²) in [6.45, 7) is 4.26. The largest absolute Gasteiger partial charge is 0.588 e. The molecule has 60 heavy (non-hydrogen) atoms. The van der Waals surface area contributed by atoms with Crippen LogP contribution in [0.2, 0.25) is 10.0 Å². The lowest BCUT2D eigenvalue weighted by Crippen LogP contribution is -2.46. The van der Waals surface area contributed by atoms with E-state index in [1.54, 1.807) is 67.6 Å². The Kier molecular flexibility index (Phi) is 12.6. The van der Waals surface area contributed by atoms with Gasteiger partial charge in [0.1, 0.15) is 16.3 Å². The van der Waals surface area contributed by atoms with E-state index in [1.165, 1.54) is 6.07 Å². The molecule has 0 spiro atoms. The number of nitrogens with one attached hydrogen (secondary N) is 2. The number of carboxylic acid groups (broad SMARTS) is 1. The van der Waals surface area contributed by atoms with E-state index in [4.69, 9.17) is 23.2 Å². The van der Waals surface area contributed by atoms with Gasteiger partial charge in [-0.1, -0.05) is 53.5 Å². The first-order chi connectivity index (χ1) is 28.5. The van der Waals surface area contributed by atoms with Crippen LogP contribution < -0.4 is 19.2 Å². The number of piperazine rings is 1. The number of carboxylic acids is 1. The maximum atomic E-state index is 13.7. The van der Waals surface area contributed by atoms with Gasteiger partial charge >= 0.3 is 11.5 Å². The highest BCUT2D eigenvalue weighted by Gasteiger charge is 2.48. The highest BCUT2D eigenvalue weighted by atomic mass is 35.5.